The van der Waals surface area contributed by atoms with Crippen molar-refractivity contribution in [2.75, 3.05) is 17.6 Å². The standard InChI is InChI=1S/C19H18N6O/c1-12-4-6-13(7-5-12)8-9-21-19-24-17(20)16-18(25-19)23-14(11-22-16)15-3-2-10-26-15/h2-7,10-11H,8-9H2,1H3,(H3,20,21,23,24,25). The van der Waals surface area contributed by atoms with Crippen LogP contribution in [0.4, 0.5) is 11.8 Å². The van der Waals surface area contributed by atoms with E-state index in [2.05, 4.69) is 56.4 Å². The van der Waals surface area contributed by atoms with Gasteiger partial charge in [0.2, 0.25) is 5.95 Å². The molecule has 7 heteroatoms. The first kappa shape index (κ1) is 16.0. The quantitative estimate of drug-likeness (QED) is 0.572. The molecular weight excluding hydrogens is 328 g/mol. The van der Waals surface area contributed by atoms with Crippen molar-refractivity contribution in [2.45, 2.75) is 13.3 Å². The van der Waals surface area contributed by atoms with Crippen LogP contribution in [0.25, 0.3) is 22.6 Å². The van der Waals surface area contributed by atoms with Crippen LogP contribution in [0.3, 0.4) is 0 Å². The van der Waals surface area contributed by atoms with Gasteiger partial charge in [0.05, 0.1) is 12.5 Å². The van der Waals surface area contributed by atoms with Gasteiger partial charge >= 0.3 is 0 Å². The summed E-state index contributed by atoms with van der Waals surface area (Å²) < 4.78 is 5.36. The van der Waals surface area contributed by atoms with E-state index in [-0.39, 0.29) is 0 Å². The van der Waals surface area contributed by atoms with Gasteiger partial charge < -0.3 is 15.5 Å². The second kappa shape index (κ2) is 6.79. The third kappa shape index (κ3) is 3.32. The van der Waals surface area contributed by atoms with Crippen LogP contribution < -0.4 is 11.1 Å². The van der Waals surface area contributed by atoms with Gasteiger partial charge in [0.25, 0.3) is 0 Å². The van der Waals surface area contributed by atoms with Gasteiger partial charge in [-0.05, 0) is 31.0 Å². The van der Waals surface area contributed by atoms with Gasteiger partial charge in [-0.15, -0.1) is 0 Å². The summed E-state index contributed by atoms with van der Waals surface area (Å²) in [6, 6.07) is 12.1. The number of hydrogen-bond acceptors (Lipinski definition) is 7. The average molecular weight is 346 g/mol. The molecule has 0 aliphatic rings. The molecule has 7 nitrogen and oxygen atoms in total. The number of nitrogens with one attached hydrogen (secondary N) is 1. The van der Waals surface area contributed by atoms with Crippen LogP contribution >= 0.6 is 0 Å². The number of fused-ring (bicyclic) bond motifs is 1. The molecule has 0 saturated carbocycles. The number of anilines is 2. The lowest BCUT2D eigenvalue weighted by Gasteiger charge is -2.08. The number of aromatic nitrogens is 4. The van der Waals surface area contributed by atoms with Crippen molar-refractivity contribution < 1.29 is 4.42 Å². The van der Waals surface area contributed by atoms with Crippen LogP contribution in [-0.4, -0.2) is 26.5 Å². The number of hydrogen-bond donors (Lipinski definition) is 2. The molecule has 0 saturated heterocycles. The van der Waals surface area contributed by atoms with E-state index >= 15 is 0 Å². The maximum atomic E-state index is 6.01. The highest BCUT2D eigenvalue weighted by Gasteiger charge is 2.11. The number of rotatable bonds is 5. The monoisotopic (exact) mass is 346 g/mol. The predicted octanol–water partition coefficient (Wildman–Crippen LogP) is 3.23. The summed E-state index contributed by atoms with van der Waals surface area (Å²) in [5.41, 5.74) is 10.0. The molecule has 0 radical (unpaired) electrons. The van der Waals surface area contributed by atoms with Crippen LogP contribution in [0.1, 0.15) is 11.1 Å². The Bertz CT molecular complexity index is 1030. The summed E-state index contributed by atoms with van der Waals surface area (Å²) in [5, 5.41) is 3.20. The highest BCUT2D eigenvalue weighted by molar-refractivity contribution is 5.83. The van der Waals surface area contributed by atoms with Crippen LogP contribution in [0.5, 0.6) is 0 Å². The third-order valence-electron chi connectivity index (χ3n) is 4.03. The molecule has 0 bridgehead atoms. The van der Waals surface area contributed by atoms with Gasteiger partial charge in [0.15, 0.2) is 17.2 Å². The van der Waals surface area contributed by atoms with E-state index in [0.717, 1.165) is 6.42 Å². The Labute approximate surface area is 150 Å². The van der Waals surface area contributed by atoms with Crippen molar-refractivity contribution in [3.8, 4) is 11.5 Å². The zero-order chi connectivity index (χ0) is 17.9. The van der Waals surface area contributed by atoms with Gasteiger partial charge in [-0.1, -0.05) is 29.8 Å². The van der Waals surface area contributed by atoms with Crippen LogP contribution in [-0.2, 0) is 6.42 Å². The van der Waals surface area contributed by atoms with Crippen molar-refractivity contribution in [3.63, 3.8) is 0 Å². The lowest BCUT2D eigenvalue weighted by atomic mass is 10.1. The molecule has 3 N–H and O–H groups in total. The van der Waals surface area contributed by atoms with Crippen molar-refractivity contribution in [1.29, 1.82) is 0 Å². The fourth-order valence-corrected chi connectivity index (χ4v) is 2.63. The molecule has 4 rings (SSSR count). The van der Waals surface area contributed by atoms with Crippen LogP contribution in [0, 0.1) is 6.92 Å². The number of nitrogen functional groups attached to an aromatic ring is 1. The molecule has 4 aromatic rings. The minimum absolute atomic E-state index is 0.298. The molecule has 0 aliphatic carbocycles. The molecule has 0 amide bonds. The molecule has 0 fully saturated rings. The average Bonchev–Trinajstić information content (AvgIpc) is 3.18. The van der Waals surface area contributed by atoms with Crippen LogP contribution in [0.2, 0.25) is 0 Å². The Morgan fingerprint density at radius 3 is 2.69 bits per heavy atom. The minimum atomic E-state index is 0.298. The smallest absolute Gasteiger partial charge is 0.226 e. The highest BCUT2D eigenvalue weighted by Crippen LogP contribution is 2.21. The summed E-state index contributed by atoms with van der Waals surface area (Å²) in [7, 11) is 0. The summed E-state index contributed by atoms with van der Waals surface area (Å²) >= 11 is 0. The van der Waals surface area contributed by atoms with E-state index in [9.17, 15) is 0 Å². The molecule has 0 unspecified atom stereocenters. The fraction of sp³-hybridized carbons (Fsp3) is 0.158. The topological polar surface area (TPSA) is 103 Å². The van der Waals surface area contributed by atoms with E-state index in [0.29, 0.717) is 40.9 Å². The summed E-state index contributed by atoms with van der Waals surface area (Å²) in [6.45, 7) is 2.77. The molecule has 3 heterocycles. The molecule has 130 valence electrons. The number of nitrogens with zero attached hydrogens (tertiary/aromatic N) is 4. The number of nitrogens with two attached hydrogens (primary N) is 1. The highest BCUT2D eigenvalue weighted by atomic mass is 16.3. The Morgan fingerprint density at radius 1 is 1.08 bits per heavy atom. The number of furan rings is 1. The van der Waals surface area contributed by atoms with E-state index in [1.165, 1.54) is 11.1 Å². The van der Waals surface area contributed by atoms with Crippen molar-refractivity contribution >= 4 is 22.9 Å². The number of aryl methyl sites for hydroxylation is 1. The maximum absolute atomic E-state index is 6.01. The summed E-state index contributed by atoms with van der Waals surface area (Å²) in [5.74, 6) is 1.37. The molecule has 1 aromatic carbocycles. The summed E-state index contributed by atoms with van der Waals surface area (Å²) in [6.07, 6.45) is 4.05. The van der Waals surface area contributed by atoms with Gasteiger partial charge in [-0.2, -0.15) is 9.97 Å². The normalized spacial score (nSPS) is 11.0. The van der Waals surface area contributed by atoms with E-state index in [1.54, 1.807) is 18.5 Å². The van der Waals surface area contributed by atoms with E-state index in [4.69, 9.17) is 10.2 Å². The van der Waals surface area contributed by atoms with Crippen molar-refractivity contribution in [2.24, 2.45) is 0 Å². The fourth-order valence-electron chi connectivity index (χ4n) is 2.63. The Hall–Kier alpha value is -3.48. The first-order valence-electron chi connectivity index (χ1n) is 8.32. The zero-order valence-electron chi connectivity index (χ0n) is 14.3. The van der Waals surface area contributed by atoms with E-state index < -0.39 is 0 Å². The second-order valence-corrected chi connectivity index (χ2v) is 6.00. The summed E-state index contributed by atoms with van der Waals surface area (Å²) in [4.78, 5) is 17.5. The number of benzene rings is 1. The second-order valence-electron chi connectivity index (χ2n) is 6.00. The third-order valence-corrected chi connectivity index (χ3v) is 4.03. The van der Waals surface area contributed by atoms with Gasteiger partial charge in [0.1, 0.15) is 11.2 Å². The predicted molar refractivity (Wildman–Crippen MR) is 101 cm³/mol. The Morgan fingerprint density at radius 2 is 1.92 bits per heavy atom. The molecule has 0 aliphatic heterocycles. The molecule has 26 heavy (non-hydrogen) atoms. The molecule has 3 aromatic heterocycles. The van der Waals surface area contributed by atoms with Crippen molar-refractivity contribution in [3.05, 3.63) is 60.0 Å². The van der Waals surface area contributed by atoms with Crippen LogP contribution in [0.15, 0.2) is 53.3 Å². The Kier molecular flexibility index (Phi) is 4.18. The lowest BCUT2D eigenvalue weighted by Crippen LogP contribution is -2.10. The zero-order valence-corrected chi connectivity index (χ0v) is 14.3. The minimum Gasteiger partial charge on any atom is -0.463 e. The van der Waals surface area contributed by atoms with Crippen molar-refractivity contribution in [1.82, 2.24) is 19.9 Å². The van der Waals surface area contributed by atoms with Gasteiger partial charge in [0, 0.05) is 6.54 Å². The molecule has 0 spiro atoms. The largest absolute Gasteiger partial charge is 0.463 e. The van der Waals surface area contributed by atoms with Gasteiger partial charge in [-0.25, -0.2) is 9.97 Å². The lowest BCUT2D eigenvalue weighted by molar-refractivity contribution is 0.580. The SMILES string of the molecule is Cc1ccc(CCNc2nc(N)c3ncc(-c4ccco4)nc3n2)cc1. The Balaban J connectivity index is 1.54. The molecular formula is C19H18N6O. The first-order valence-corrected chi connectivity index (χ1v) is 8.32. The van der Waals surface area contributed by atoms with Gasteiger partial charge in [-0.3, -0.25) is 0 Å². The molecule has 0 atom stereocenters. The first-order chi connectivity index (χ1) is 12.7. The maximum Gasteiger partial charge on any atom is 0.226 e. The van der Waals surface area contributed by atoms with E-state index in [1.807, 2.05) is 6.07 Å².